The maximum absolute atomic E-state index is 12.9. The number of halogens is 3. The molecule has 0 amide bonds. The van der Waals surface area contributed by atoms with E-state index in [2.05, 4.69) is 16.3 Å². The molecule has 124 valence electrons. The number of nitrogens with zero attached hydrogens (tertiary/aromatic N) is 1. The summed E-state index contributed by atoms with van der Waals surface area (Å²) in [5.74, 6) is 0. The van der Waals surface area contributed by atoms with Crippen LogP contribution >= 0.6 is 11.6 Å². The third-order valence-corrected chi connectivity index (χ3v) is 5.02. The first kappa shape index (κ1) is 19.4. The van der Waals surface area contributed by atoms with Gasteiger partial charge in [-0.3, -0.25) is 4.98 Å². The highest BCUT2D eigenvalue weighted by Crippen LogP contribution is 2.33. The molecule has 7 heteroatoms. The molecule has 0 bridgehead atoms. The van der Waals surface area contributed by atoms with E-state index in [4.69, 9.17) is 11.6 Å². The van der Waals surface area contributed by atoms with Crippen molar-refractivity contribution in [3.63, 3.8) is 0 Å². The molecule has 1 aromatic heterocycles. The van der Waals surface area contributed by atoms with Crippen molar-refractivity contribution in [2.75, 3.05) is 0 Å². The number of alkyl halides is 2. The topological polar surface area (TPSA) is 48.0 Å². The third kappa shape index (κ3) is 5.19. The minimum Gasteiger partial charge on any atom is -0.598 e. The molecule has 1 rings (SSSR count). The van der Waals surface area contributed by atoms with Crippen LogP contribution in [0.2, 0.25) is 5.02 Å². The summed E-state index contributed by atoms with van der Waals surface area (Å²) in [6, 6.07) is 1.17. The van der Waals surface area contributed by atoms with Gasteiger partial charge in [0.1, 0.15) is 10.4 Å². The number of aromatic nitrogens is 1. The zero-order valence-corrected chi connectivity index (χ0v) is 14.5. The van der Waals surface area contributed by atoms with E-state index in [1.54, 1.807) is 12.1 Å². The van der Waals surface area contributed by atoms with Crippen molar-refractivity contribution >= 4 is 23.0 Å². The first-order valence-electron chi connectivity index (χ1n) is 6.89. The average Bonchev–Trinajstić information content (AvgIpc) is 2.42. The van der Waals surface area contributed by atoms with Crippen LogP contribution in [0.3, 0.4) is 0 Å². The van der Waals surface area contributed by atoms with Gasteiger partial charge in [0.15, 0.2) is 0 Å². The van der Waals surface area contributed by atoms with E-state index in [-0.39, 0.29) is 5.02 Å². The van der Waals surface area contributed by atoms with E-state index < -0.39 is 34.3 Å². The van der Waals surface area contributed by atoms with Gasteiger partial charge in [-0.25, -0.2) is 8.78 Å². The Morgan fingerprint density at radius 2 is 2.14 bits per heavy atom. The summed E-state index contributed by atoms with van der Waals surface area (Å²) in [6.07, 6.45) is 1.46. The van der Waals surface area contributed by atoms with Gasteiger partial charge in [-0.2, -0.15) is 0 Å². The lowest BCUT2D eigenvalue weighted by atomic mass is 10.0. The predicted octanol–water partition coefficient (Wildman–Crippen LogP) is 4.73. The van der Waals surface area contributed by atoms with E-state index in [1.165, 1.54) is 6.20 Å². The van der Waals surface area contributed by atoms with Gasteiger partial charge < -0.3 is 4.55 Å². The van der Waals surface area contributed by atoms with E-state index in [0.717, 1.165) is 0 Å². The van der Waals surface area contributed by atoms with Gasteiger partial charge in [-0.05, 0) is 45.2 Å². The molecule has 0 aliphatic rings. The quantitative estimate of drug-likeness (QED) is 0.571. The van der Waals surface area contributed by atoms with E-state index in [0.29, 0.717) is 18.4 Å². The molecule has 0 aliphatic carbocycles. The van der Waals surface area contributed by atoms with Crippen LogP contribution in [-0.4, -0.2) is 14.3 Å². The molecule has 0 saturated heterocycles. The molecule has 0 aliphatic heterocycles. The molecule has 0 saturated carbocycles. The fourth-order valence-electron chi connectivity index (χ4n) is 1.77. The molecule has 2 atom stereocenters. The molecule has 0 radical (unpaired) electrons. The summed E-state index contributed by atoms with van der Waals surface area (Å²) in [5.41, 5.74) is 0.0255. The highest BCUT2D eigenvalue weighted by Gasteiger charge is 2.31. The lowest BCUT2D eigenvalue weighted by Gasteiger charge is -2.28. The lowest BCUT2D eigenvalue weighted by molar-refractivity contribution is 0.146. The van der Waals surface area contributed by atoms with E-state index in [1.807, 2.05) is 20.8 Å². The minimum absolute atomic E-state index is 0.0787. The molecule has 0 spiro atoms. The second kappa shape index (κ2) is 8.24. The molecule has 0 fully saturated rings. The van der Waals surface area contributed by atoms with Crippen molar-refractivity contribution in [3.05, 3.63) is 41.2 Å². The van der Waals surface area contributed by atoms with Gasteiger partial charge in [0.05, 0.1) is 11.1 Å². The Morgan fingerprint density at radius 1 is 1.50 bits per heavy atom. The SMILES string of the molecule is C=CCC[C@@H](N[S+]([O-])C(C)(C)C)c1ccnc(C(F)F)c1Cl. The second-order valence-corrected chi connectivity index (χ2v) is 8.19. The van der Waals surface area contributed by atoms with Crippen molar-refractivity contribution in [1.29, 1.82) is 0 Å². The Labute approximate surface area is 138 Å². The molecule has 1 unspecified atom stereocenters. The summed E-state index contributed by atoms with van der Waals surface area (Å²) in [4.78, 5) is 3.62. The Balaban J connectivity index is 3.11. The third-order valence-electron chi connectivity index (χ3n) is 2.99. The highest BCUT2D eigenvalue weighted by molar-refractivity contribution is 7.90. The van der Waals surface area contributed by atoms with Gasteiger partial charge in [-0.1, -0.05) is 17.7 Å². The maximum atomic E-state index is 12.9. The van der Waals surface area contributed by atoms with Crippen LogP contribution in [0.25, 0.3) is 0 Å². The summed E-state index contributed by atoms with van der Waals surface area (Å²) >= 11 is 4.72. The molecule has 1 heterocycles. The van der Waals surface area contributed by atoms with Gasteiger partial charge in [0.2, 0.25) is 0 Å². The average molecular weight is 351 g/mol. The van der Waals surface area contributed by atoms with E-state index in [9.17, 15) is 13.3 Å². The van der Waals surface area contributed by atoms with Gasteiger partial charge in [-0.15, -0.1) is 11.3 Å². The molecule has 0 aromatic carbocycles. The zero-order valence-electron chi connectivity index (χ0n) is 12.9. The molecular formula is C15H21ClF2N2OS. The van der Waals surface area contributed by atoms with Gasteiger partial charge in [0.25, 0.3) is 6.43 Å². The Morgan fingerprint density at radius 3 is 2.64 bits per heavy atom. The van der Waals surface area contributed by atoms with Crippen LogP contribution in [0.15, 0.2) is 24.9 Å². The molecule has 22 heavy (non-hydrogen) atoms. The number of pyridine rings is 1. The summed E-state index contributed by atoms with van der Waals surface area (Å²) in [6.45, 7) is 9.15. The van der Waals surface area contributed by atoms with Crippen molar-refractivity contribution in [2.45, 2.75) is 50.8 Å². The number of allylic oxidation sites excluding steroid dienone is 1. The second-order valence-electron chi connectivity index (χ2n) is 5.82. The van der Waals surface area contributed by atoms with Crippen molar-refractivity contribution < 1.29 is 13.3 Å². The van der Waals surface area contributed by atoms with E-state index >= 15 is 0 Å². The summed E-state index contributed by atoms with van der Waals surface area (Å²) < 4.78 is 40.7. The number of rotatable bonds is 7. The fourth-order valence-corrected chi connectivity index (χ4v) is 2.95. The Hall–Kier alpha value is -0.690. The lowest BCUT2D eigenvalue weighted by Crippen LogP contribution is -2.41. The monoisotopic (exact) mass is 350 g/mol. The molecular weight excluding hydrogens is 330 g/mol. The molecule has 3 nitrogen and oxygen atoms in total. The van der Waals surface area contributed by atoms with Crippen LogP contribution in [-0.2, 0) is 11.4 Å². The Bertz CT molecular complexity index is 509. The van der Waals surface area contributed by atoms with Gasteiger partial charge >= 0.3 is 0 Å². The Kier molecular flexibility index (Phi) is 7.25. The smallest absolute Gasteiger partial charge is 0.281 e. The van der Waals surface area contributed by atoms with Crippen LogP contribution in [0.5, 0.6) is 0 Å². The normalized spacial score (nSPS) is 14.9. The van der Waals surface area contributed by atoms with Crippen molar-refractivity contribution in [1.82, 2.24) is 9.71 Å². The molecule has 1 N–H and O–H groups in total. The summed E-state index contributed by atoms with van der Waals surface area (Å²) in [5, 5.41) is -0.0787. The summed E-state index contributed by atoms with van der Waals surface area (Å²) in [7, 11) is 0. The van der Waals surface area contributed by atoms with Crippen LogP contribution in [0.4, 0.5) is 8.78 Å². The number of hydrogen-bond acceptors (Lipinski definition) is 3. The zero-order chi connectivity index (χ0) is 16.9. The number of hydrogen-bond donors (Lipinski definition) is 1. The van der Waals surface area contributed by atoms with Crippen molar-refractivity contribution in [2.24, 2.45) is 0 Å². The van der Waals surface area contributed by atoms with Crippen LogP contribution in [0, 0.1) is 0 Å². The minimum atomic E-state index is -2.75. The molecule has 1 aromatic rings. The predicted molar refractivity (Wildman–Crippen MR) is 87.4 cm³/mol. The van der Waals surface area contributed by atoms with Crippen LogP contribution < -0.4 is 4.72 Å². The largest absolute Gasteiger partial charge is 0.598 e. The first-order valence-corrected chi connectivity index (χ1v) is 8.42. The highest BCUT2D eigenvalue weighted by atomic mass is 35.5. The first-order chi connectivity index (χ1) is 10.2. The fraction of sp³-hybridized carbons (Fsp3) is 0.533. The number of nitrogens with one attached hydrogen (secondary N) is 1. The maximum Gasteiger partial charge on any atom is 0.281 e. The van der Waals surface area contributed by atoms with Crippen molar-refractivity contribution in [3.8, 4) is 0 Å². The van der Waals surface area contributed by atoms with Gasteiger partial charge in [0, 0.05) is 17.6 Å². The van der Waals surface area contributed by atoms with Crippen LogP contribution in [0.1, 0.15) is 57.3 Å². The standard InChI is InChI=1S/C15H21ClF2N2OS/c1-5-6-7-11(20-22(21)15(2,3)4)10-8-9-19-13(12(10)16)14(17)18/h5,8-9,11,14,20H,1,6-7H2,2-4H3/t11-,22?/m1/s1.